The molecule has 3 aromatic rings. The highest BCUT2D eigenvalue weighted by atomic mass is 16.2. The zero-order valence-electron chi connectivity index (χ0n) is 19.1. The summed E-state index contributed by atoms with van der Waals surface area (Å²) in [7, 11) is 0. The van der Waals surface area contributed by atoms with Crippen LogP contribution in [0.5, 0.6) is 0 Å². The number of amides is 3. The van der Waals surface area contributed by atoms with Crippen LogP contribution in [0.15, 0.2) is 72.8 Å². The average Bonchev–Trinajstić information content (AvgIpc) is 3.04. The van der Waals surface area contributed by atoms with Crippen LogP contribution < -0.4 is 15.5 Å². The Morgan fingerprint density at radius 1 is 0.879 bits per heavy atom. The number of fused-ring (bicyclic) bond motifs is 1. The van der Waals surface area contributed by atoms with Gasteiger partial charge in [0, 0.05) is 24.5 Å². The van der Waals surface area contributed by atoms with Gasteiger partial charge in [0.2, 0.25) is 5.91 Å². The molecular weight excluding hydrogens is 410 g/mol. The minimum absolute atomic E-state index is 0.0000657. The Bertz CT molecular complexity index is 1090. The van der Waals surface area contributed by atoms with Gasteiger partial charge in [-0.1, -0.05) is 60.2 Å². The van der Waals surface area contributed by atoms with Crippen molar-refractivity contribution < 1.29 is 9.59 Å². The SMILES string of the molecule is Cc1ccc(CCNC(=O)Cc2ccc(NC(=O)N3CCCCc4ccccc43)cc2)cc1. The fourth-order valence-electron chi connectivity index (χ4n) is 4.15. The lowest BCUT2D eigenvalue weighted by Gasteiger charge is -2.23. The van der Waals surface area contributed by atoms with Crippen LogP contribution in [0, 0.1) is 6.92 Å². The lowest BCUT2D eigenvalue weighted by molar-refractivity contribution is -0.120. The molecule has 0 radical (unpaired) electrons. The highest BCUT2D eigenvalue weighted by Gasteiger charge is 2.20. The maximum Gasteiger partial charge on any atom is 0.326 e. The van der Waals surface area contributed by atoms with Crippen molar-refractivity contribution >= 4 is 23.3 Å². The molecule has 0 spiro atoms. The molecule has 33 heavy (non-hydrogen) atoms. The Hall–Kier alpha value is -3.60. The van der Waals surface area contributed by atoms with Crippen molar-refractivity contribution in [2.45, 2.75) is 39.0 Å². The third-order valence-electron chi connectivity index (χ3n) is 6.03. The number of carbonyl (C=O) groups is 2. The van der Waals surface area contributed by atoms with E-state index >= 15 is 0 Å². The van der Waals surface area contributed by atoms with Gasteiger partial charge in [-0.2, -0.15) is 0 Å². The monoisotopic (exact) mass is 441 g/mol. The number of urea groups is 1. The number of nitrogens with one attached hydrogen (secondary N) is 2. The Morgan fingerprint density at radius 2 is 1.61 bits per heavy atom. The first kappa shape index (κ1) is 22.6. The van der Waals surface area contributed by atoms with Crippen LogP contribution in [0.4, 0.5) is 16.2 Å². The molecule has 1 aliphatic heterocycles. The van der Waals surface area contributed by atoms with E-state index in [-0.39, 0.29) is 11.9 Å². The molecule has 0 aromatic heterocycles. The Morgan fingerprint density at radius 3 is 2.39 bits per heavy atom. The van der Waals surface area contributed by atoms with E-state index < -0.39 is 0 Å². The first-order chi connectivity index (χ1) is 16.1. The van der Waals surface area contributed by atoms with Crippen molar-refractivity contribution in [3.63, 3.8) is 0 Å². The van der Waals surface area contributed by atoms with E-state index in [1.807, 2.05) is 47.4 Å². The normalized spacial score (nSPS) is 13.1. The molecule has 3 aromatic carbocycles. The first-order valence-electron chi connectivity index (χ1n) is 11.7. The Kier molecular flexibility index (Phi) is 7.40. The molecule has 2 N–H and O–H groups in total. The number of aryl methyl sites for hydroxylation is 2. The van der Waals surface area contributed by atoms with Crippen LogP contribution in [-0.2, 0) is 24.1 Å². The highest BCUT2D eigenvalue weighted by molar-refractivity contribution is 6.02. The zero-order chi connectivity index (χ0) is 23.0. The van der Waals surface area contributed by atoms with E-state index in [0.717, 1.165) is 42.6 Å². The van der Waals surface area contributed by atoms with Crippen LogP contribution in [-0.4, -0.2) is 25.0 Å². The van der Waals surface area contributed by atoms with Gasteiger partial charge in [0.05, 0.1) is 6.42 Å². The van der Waals surface area contributed by atoms with Gasteiger partial charge in [0.15, 0.2) is 0 Å². The smallest absolute Gasteiger partial charge is 0.326 e. The summed E-state index contributed by atoms with van der Waals surface area (Å²) in [4.78, 5) is 27.1. The minimum atomic E-state index is -0.119. The fraction of sp³-hybridized carbons (Fsp3) is 0.286. The van der Waals surface area contributed by atoms with E-state index in [9.17, 15) is 9.59 Å². The largest absolute Gasteiger partial charge is 0.355 e. The zero-order valence-corrected chi connectivity index (χ0v) is 19.1. The molecule has 0 unspecified atom stereocenters. The molecule has 0 saturated carbocycles. The predicted molar refractivity (Wildman–Crippen MR) is 134 cm³/mol. The molecule has 0 bridgehead atoms. The van der Waals surface area contributed by atoms with Crippen molar-refractivity contribution in [1.29, 1.82) is 0 Å². The second kappa shape index (κ2) is 10.8. The third kappa shape index (κ3) is 6.22. The molecule has 0 aliphatic carbocycles. The molecule has 1 aliphatic rings. The van der Waals surface area contributed by atoms with E-state index in [0.29, 0.717) is 19.5 Å². The number of para-hydroxylation sites is 1. The molecule has 5 nitrogen and oxygen atoms in total. The molecular formula is C28H31N3O2. The quantitative estimate of drug-likeness (QED) is 0.547. The van der Waals surface area contributed by atoms with E-state index in [1.54, 1.807) is 0 Å². The molecule has 5 heteroatoms. The van der Waals surface area contributed by atoms with Crippen molar-refractivity contribution in [3.05, 3.63) is 95.1 Å². The molecule has 170 valence electrons. The van der Waals surface area contributed by atoms with Crippen molar-refractivity contribution in [2.75, 3.05) is 23.3 Å². The topological polar surface area (TPSA) is 61.4 Å². The summed E-state index contributed by atoms with van der Waals surface area (Å²) in [6.07, 6.45) is 4.21. The molecule has 0 atom stereocenters. The van der Waals surface area contributed by atoms with Gasteiger partial charge in [0.1, 0.15) is 0 Å². The second-order valence-corrected chi connectivity index (χ2v) is 8.63. The van der Waals surface area contributed by atoms with Crippen LogP contribution in [0.3, 0.4) is 0 Å². The summed E-state index contributed by atoms with van der Waals surface area (Å²) >= 11 is 0. The number of hydrogen-bond donors (Lipinski definition) is 2. The second-order valence-electron chi connectivity index (χ2n) is 8.63. The Balaban J connectivity index is 1.28. The number of benzene rings is 3. The number of anilines is 2. The summed E-state index contributed by atoms with van der Waals surface area (Å²) in [5.41, 5.74) is 6.30. The standard InChI is InChI=1S/C28H31N3O2/c1-21-9-11-22(12-10-21)17-18-29-27(32)20-23-13-15-25(16-14-23)30-28(33)31-19-5-4-7-24-6-2-3-8-26(24)31/h2-3,6,8-16H,4-5,7,17-20H2,1H3,(H,29,32)(H,30,33). The molecule has 4 rings (SSSR count). The highest BCUT2D eigenvalue weighted by Crippen LogP contribution is 2.26. The number of rotatable bonds is 6. The molecule has 0 fully saturated rings. The van der Waals surface area contributed by atoms with Crippen molar-refractivity contribution in [3.8, 4) is 0 Å². The predicted octanol–water partition coefficient (Wildman–Crippen LogP) is 5.27. The van der Waals surface area contributed by atoms with Gasteiger partial charge in [0.25, 0.3) is 0 Å². The number of hydrogen-bond acceptors (Lipinski definition) is 2. The van der Waals surface area contributed by atoms with Gasteiger partial charge < -0.3 is 10.6 Å². The Labute approximate surface area is 195 Å². The van der Waals surface area contributed by atoms with Gasteiger partial charge >= 0.3 is 6.03 Å². The van der Waals surface area contributed by atoms with E-state index in [2.05, 4.69) is 47.9 Å². The van der Waals surface area contributed by atoms with Gasteiger partial charge in [-0.3, -0.25) is 9.69 Å². The van der Waals surface area contributed by atoms with Crippen LogP contribution >= 0.6 is 0 Å². The lowest BCUT2D eigenvalue weighted by Crippen LogP contribution is -2.35. The number of carbonyl (C=O) groups excluding carboxylic acids is 2. The molecule has 3 amide bonds. The summed E-state index contributed by atoms with van der Waals surface area (Å²) in [5, 5.41) is 5.99. The number of nitrogens with zero attached hydrogens (tertiary/aromatic N) is 1. The van der Waals surface area contributed by atoms with Crippen molar-refractivity contribution in [1.82, 2.24) is 5.32 Å². The third-order valence-corrected chi connectivity index (χ3v) is 6.03. The van der Waals surface area contributed by atoms with Gasteiger partial charge in [-0.25, -0.2) is 4.79 Å². The molecule has 0 saturated heterocycles. The maximum atomic E-state index is 13.0. The summed E-state index contributed by atoms with van der Waals surface area (Å²) in [6, 6.07) is 23.9. The summed E-state index contributed by atoms with van der Waals surface area (Å²) in [5.74, 6) is 0.0000657. The fourth-order valence-corrected chi connectivity index (χ4v) is 4.15. The first-order valence-corrected chi connectivity index (χ1v) is 11.7. The van der Waals surface area contributed by atoms with Crippen LogP contribution in [0.25, 0.3) is 0 Å². The summed E-state index contributed by atoms with van der Waals surface area (Å²) in [6.45, 7) is 3.40. The summed E-state index contributed by atoms with van der Waals surface area (Å²) < 4.78 is 0. The van der Waals surface area contributed by atoms with Crippen LogP contribution in [0.2, 0.25) is 0 Å². The minimum Gasteiger partial charge on any atom is -0.355 e. The maximum absolute atomic E-state index is 13.0. The van der Waals surface area contributed by atoms with Crippen molar-refractivity contribution in [2.24, 2.45) is 0 Å². The van der Waals surface area contributed by atoms with E-state index in [1.165, 1.54) is 16.7 Å². The van der Waals surface area contributed by atoms with E-state index in [4.69, 9.17) is 0 Å². The average molecular weight is 442 g/mol. The lowest BCUT2D eigenvalue weighted by atomic mass is 10.1. The van der Waals surface area contributed by atoms with Gasteiger partial charge in [-0.05, 0) is 67.5 Å². The van der Waals surface area contributed by atoms with Gasteiger partial charge in [-0.15, -0.1) is 0 Å². The molecule has 1 heterocycles. The van der Waals surface area contributed by atoms with Crippen LogP contribution in [0.1, 0.15) is 35.1 Å².